The van der Waals surface area contributed by atoms with Crippen LogP contribution in [0.1, 0.15) is 181 Å². The number of amides is 2. The van der Waals surface area contributed by atoms with Crippen molar-refractivity contribution in [2.75, 3.05) is 13.1 Å². The number of carbonyl (C=O) groups excluding carboxylic acids is 2. The van der Waals surface area contributed by atoms with Gasteiger partial charge in [-0.2, -0.15) is 0 Å². The van der Waals surface area contributed by atoms with Crippen LogP contribution in [0.15, 0.2) is 24.3 Å². The third-order valence-electron chi connectivity index (χ3n) is 7.77. The Hall–Kier alpha value is -1.58. The summed E-state index contributed by atoms with van der Waals surface area (Å²) in [5.41, 5.74) is 0. The van der Waals surface area contributed by atoms with Crippen LogP contribution in [0, 0.1) is 0 Å². The number of hydrogen-bond donors (Lipinski definition) is 2. The summed E-state index contributed by atoms with van der Waals surface area (Å²) in [7, 11) is 0. The van der Waals surface area contributed by atoms with Gasteiger partial charge in [-0.25, -0.2) is 0 Å². The lowest BCUT2D eigenvalue weighted by molar-refractivity contribution is -0.117. The fraction of sp³-hybridized carbons (Fsp3) is 0.833. The van der Waals surface area contributed by atoms with Crippen LogP contribution in [0.2, 0.25) is 0 Å². The standard InChI is InChI=1S/C36H68N2O2/c1-3-5-7-9-11-13-15-17-19-21-23-25-29-33-37-35(39)31-27-28-32-36(40)38-34-30-26-24-22-20-18-16-14-12-10-8-6-4-2/h27-28,31-32H,3-26,29-30,33-34H2,1-2H3,(H,37,39)(H,38,40)/b31-27-,32-28-. The van der Waals surface area contributed by atoms with Crippen molar-refractivity contribution in [1.82, 2.24) is 10.6 Å². The summed E-state index contributed by atoms with van der Waals surface area (Å²) in [6.07, 6.45) is 40.9. The van der Waals surface area contributed by atoms with Gasteiger partial charge in [0.25, 0.3) is 0 Å². The Kier molecular flexibility index (Phi) is 32.3. The Labute approximate surface area is 250 Å². The maximum atomic E-state index is 11.9. The molecule has 0 bridgehead atoms. The predicted molar refractivity (Wildman–Crippen MR) is 176 cm³/mol. The molecule has 0 aliphatic rings. The lowest BCUT2D eigenvalue weighted by atomic mass is 10.0. The van der Waals surface area contributed by atoms with Crippen molar-refractivity contribution in [3.8, 4) is 0 Å². The van der Waals surface area contributed by atoms with Gasteiger partial charge in [0, 0.05) is 25.2 Å². The van der Waals surface area contributed by atoms with Crippen molar-refractivity contribution in [1.29, 1.82) is 0 Å². The molecule has 0 fully saturated rings. The van der Waals surface area contributed by atoms with Gasteiger partial charge >= 0.3 is 0 Å². The molecule has 0 aromatic rings. The summed E-state index contributed by atoms with van der Waals surface area (Å²) in [6, 6.07) is 0. The number of hydrogen-bond acceptors (Lipinski definition) is 2. The van der Waals surface area contributed by atoms with Gasteiger partial charge in [-0.3, -0.25) is 9.59 Å². The summed E-state index contributed by atoms with van der Waals surface area (Å²) in [5.74, 6) is -0.174. The van der Waals surface area contributed by atoms with E-state index in [1.165, 1.54) is 166 Å². The molecule has 0 heterocycles. The fourth-order valence-corrected chi connectivity index (χ4v) is 5.11. The Morgan fingerprint density at radius 3 is 0.850 bits per heavy atom. The molecular weight excluding hydrogens is 492 g/mol. The van der Waals surface area contributed by atoms with Crippen LogP contribution in [0.4, 0.5) is 0 Å². The molecule has 4 nitrogen and oxygen atoms in total. The topological polar surface area (TPSA) is 58.2 Å². The summed E-state index contributed by atoms with van der Waals surface area (Å²) in [4.78, 5) is 23.8. The fourth-order valence-electron chi connectivity index (χ4n) is 5.11. The molecule has 0 unspecified atom stereocenters. The first-order valence-electron chi connectivity index (χ1n) is 17.6. The normalized spacial score (nSPS) is 11.6. The number of unbranched alkanes of at least 4 members (excludes halogenated alkanes) is 24. The number of carbonyl (C=O) groups is 2. The van der Waals surface area contributed by atoms with Crippen molar-refractivity contribution in [3.63, 3.8) is 0 Å². The van der Waals surface area contributed by atoms with E-state index in [1.54, 1.807) is 12.2 Å². The third-order valence-corrected chi connectivity index (χ3v) is 7.77. The second-order valence-electron chi connectivity index (χ2n) is 11.8. The van der Waals surface area contributed by atoms with Crippen LogP contribution in [-0.4, -0.2) is 24.9 Å². The number of rotatable bonds is 31. The SMILES string of the molecule is CCCCCCCCCCCCCCCNC(=O)/C=C\C=C/C(=O)NCCCCCCCCCCCCCCC. The van der Waals surface area contributed by atoms with E-state index in [9.17, 15) is 9.59 Å². The number of nitrogens with one attached hydrogen (secondary N) is 2. The first-order valence-corrected chi connectivity index (χ1v) is 17.6. The molecule has 4 heteroatoms. The van der Waals surface area contributed by atoms with E-state index in [-0.39, 0.29) is 11.8 Å². The van der Waals surface area contributed by atoms with Crippen molar-refractivity contribution < 1.29 is 9.59 Å². The monoisotopic (exact) mass is 561 g/mol. The molecule has 0 saturated heterocycles. The van der Waals surface area contributed by atoms with E-state index >= 15 is 0 Å². The van der Waals surface area contributed by atoms with Crippen LogP contribution in [0.25, 0.3) is 0 Å². The first-order chi connectivity index (χ1) is 19.7. The highest BCUT2D eigenvalue weighted by Crippen LogP contribution is 2.13. The highest BCUT2D eigenvalue weighted by atomic mass is 16.2. The maximum absolute atomic E-state index is 11.9. The largest absolute Gasteiger partial charge is 0.353 e. The first kappa shape index (κ1) is 38.4. The average molecular weight is 561 g/mol. The Morgan fingerprint density at radius 1 is 0.375 bits per heavy atom. The second-order valence-corrected chi connectivity index (χ2v) is 11.8. The van der Waals surface area contributed by atoms with Gasteiger partial charge in [-0.1, -0.05) is 180 Å². The van der Waals surface area contributed by atoms with E-state index in [1.807, 2.05) is 0 Å². The molecule has 0 rings (SSSR count). The molecule has 0 spiro atoms. The van der Waals surface area contributed by atoms with E-state index < -0.39 is 0 Å². The summed E-state index contributed by atoms with van der Waals surface area (Å²) >= 11 is 0. The number of allylic oxidation sites excluding steroid dienone is 2. The third kappa shape index (κ3) is 32.6. The van der Waals surface area contributed by atoms with Crippen LogP contribution >= 0.6 is 0 Å². The molecule has 2 amide bonds. The summed E-state index contributed by atoms with van der Waals surface area (Å²) < 4.78 is 0. The Balaban J connectivity index is 3.42. The van der Waals surface area contributed by atoms with Crippen molar-refractivity contribution in [2.24, 2.45) is 0 Å². The Bertz CT molecular complexity index is 548. The predicted octanol–water partition coefficient (Wildman–Crippen LogP) is 10.5. The molecule has 0 aromatic carbocycles. The van der Waals surface area contributed by atoms with Crippen LogP contribution < -0.4 is 10.6 Å². The quantitative estimate of drug-likeness (QED) is 0.0503. The molecule has 0 atom stereocenters. The molecule has 0 aromatic heterocycles. The van der Waals surface area contributed by atoms with Gasteiger partial charge in [0.05, 0.1) is 0 Å². The van der Waals surface area contributed by atoms with Crippen LogP contribution in [-0.2, 0) is 9.59 Å². The minimum atomic E-state index is -0.0871. The van der Waals surface area contributed by atoms with Gasteiger partial charge in [-0.15, -0.1) is 0 Å². The zero-order chi connectivity index (χ0) is 29.2. The minimum absolute atomic E-state index is 0.0871. The highest BCUT2D eigenvalue weighted by Gasteiger charge is 1.98. The Morgan fingerprint density at radius 2 is 0.600 bits per heavy atom. The van der Waals surface area contributed by atoms with Crippen molar-refractivity contribution in [2.45, 2.75) is 181 Å². The molecular formula is C36H68N2O2. The van der Waals surface area contributed by atoms with E-state index in [2.05, 4.69) is 24.5 Å². The minimum Gasteiger partial charge on any atom is -0.353 e. The van der Waals surface area contributed by atoms with Crippen molar-refractivity contribution >= 4 is 11.8 Å². The summed E-state index contributed by atoms with van der Waals surface area (Å²) in [6.45, 7) is 6.00. The molecule has 2 N–H and O–H groups in total. The zero-order valence-electron chi connectivity index (χ0n) is 26.9. The van der Waals surface area contributed by atoms with E-state index in [4.69, 9.17) is 0 Å². The molecule has 234 valence electrons. The lowest BCUT2D eigenvalue weighted by Crippen LogP contribution is -2.22. The van der Waals surface area contributed by atoms with E-state index in [0.717, 1.165) is 25.9 Å². The van der Waals surface area contributed by atoms with Gasteiger partial charge in [-0.05, 0) is 12.8 Å². The van der Waals surface area contributed by atoms with Crippen LogP contribution in [0.3, 0.4) is 0 Å². The lowest BCUT2D eigenvalue weighted by Gasteiger charge is -2.04. The second kappa shape index (κ2) is 33.6. The average Bonchev–Trinajstić information content (AvgIpc) is 2.95. The van der Waals surface area contributed by atoms with Gasteiger partial charge < -0.3 is 10.6 Å². The molecule has 40 heavy (non-hydrogen) atoms. The van der Waals surface area contributed by atoms with Crippen molar-refractivity contribution in [3.05, 3.63) is 24.3 Å². The summed E-state index contributed by atoms with van der Waals surface area (Å²) in [5, 5.41) is 5.86. The highest BCUT2D eigenvalue weighted by molar-refractivity contribution is 5.89. The van der Waals surface area contributed by atoms with Crippen LogP contribution in [0.5, 0.6) is 0 Å². The smallest absolute Gasteiger partial charge is 0.243 e. The molecule has 0 saturated carbocycles. The molecule has 0 radical (unpaired) electrons. The molecule has 0 aliphatic carbocycles. The van der Waals surface area contributed by atoms with Gasteiger partial charge in [0.15, 0.2) is 0 Å². The van der Waals surface area contributed by atoms with Gasteiger partial charge in [0.1, 0.15) is 0 Å². The zero-order valence-corrected chi connectivity index (χ0v) is 26.9. The van der Waals surface area contributed by atoms with E-state index in [0.29, 0.717) is 0 Å². The van der Waals surface area contributed by atoms with Gasteiger partial charge in [0.2, 0.25) is 11.8 Å². The maximum Gasteiger partial charge on any atom is 0.243 e. The molecule has 0 aliphatic heterocycles.